The number of aliphatic hydroxyl groups excluding tert-OH is 1. The summed E-state index contributed by atoms with van der Waals surface area (Å²) >= 11 is 11.7. The number of hydrogen-bond donors (Lipinski definition) is 1. The molecule has 3 aliphatic rings. The minimum Gasteiger partial charge on any atom is -0.419 e. The van der Waals surface area contributed by atoms with Crippen LogP contribution in [-0.4, -0.2) is 75.6 Å². The quantitative estimate of drug-likeness (QED) is 0.456. The summed E-state index contributed by atoms with van der Waals surface area (Å²) in [6, 6.07) is 3.25. The van der Waals surface area contributed by atoms with Crippen molar-refractivity contribution >= 4 is 35.0 Å². The number of hydrogen-bond acceptors (Lipinski definition) is 6. The molecular weight excluding hydrogens is 543 g/mol. The lowest BCUT2D eigenvalue weighted by molar-refractivity contribution is -0.147. The van der Waals surface area contributed by atoms with E-state index in [4.69, 9.17) is 32.7 Å². The summed E-state index contributed by atoms with van der Waals surface area (Å²) in [6.45, 7) is -0.520. The van der Waals surface area contributed by atoms with E-state index in [-0.39, 0.29) is 42.1 Å². The van der Waals surface area contributed by atoms with Crippen LogP contribution in [0, 0.1) is 23.2 Å². The van der Waals surface area contributed by atoms with Crippen LogP contribution < -0.4 is 0 Å². The summed E-state index contributed by atoms with van der Waals surface area (Å²) in [5.74, 6) is -6.90. The Kier molecular flexibility index (Phi) is 6.16. The highest BCUT2D eigenvalue weighted by Gasteiger charge is 2.66. The van der Waals surface area contributed by atoms with Crippen molar-refractivity contribution < 1.29 is 36.7 Å². The van der Waals surface area contributed by atoms with Crippen LogP contribution in [0.1, 0.15) is 29.7 Å². The van der Waals surface area contributed by atoms with Gasteiger partial charge in [0.15, 0.2) is 0 Å². The smallest absolute Gasteiger partial charge is 0.349 e. The molecule has 1 saturated carbocycles. The summed E-state index contributed by atoms with van der Waals surface area (Å²) in [6.07, 6.45) is -0.517. The number of rotatable bonds is 4. The first-order chi connectivity index (χ1) is 17.4. The van der Waals surface area contributed by atoms with Gasteiger partial charge >= 0.3 is 5.92 Å². The maximum atomic E-state index is 15.1. The normalized spacial score (nSPS) is 23.4. The molecule has 3 fully saturated rings. The van der Waals surface area contributed by atoms with E-state index < -0.39 is 65.4 Å². The van der Waals surface area contributed by atoms with Crippen LogP contribution in [0.15, 0.2) is 22.6 Å². The fourth-order valence-electron chi connectivity index (χ4n) is 4.87. The first kappa shape index (κ1) is 25.8. The van der Waals surface area contributed by atoms with Gasteiger partial charge in [0, 0.05) is 43.6 Å². The lowest BCUT2D eigenvalue weighted by Crippen LogP contribution is -2.62. The van der Waals surface area contributed by atoms with Gasteiger partial charge in [0.2, 0.25) is 11.8 Å². The maximum absolute atomic E-state index is 15.1. The highest BCUT2D eigenvalue weighted by atomic mass is 35.5. The van der Waals surface area contributed by atoms with Gasteiger partial charge in [-0.3, -0.25) is 9.59 Å². The first-order valence-corrected chi connectivity index (χ1v) is 11.9. The highest BCUT2D eigenvalue weighted by Crippen LogP contribution is 2.54. The molecule has 1 aliphatic carbocycles. The van der Waals surface area contributed by atoms with Crippen LogP contribution in [0.25, 0.3) is 0 Å². The predicted octanol–water partition coefficient (Wildman–Crippen LogP) is 2.92. The summed E-state index contributed by atoms with van der Waals surface area (Å²) < 4.78 is 62.5. The molecule has 1 aromatic heterocycles. The molecule has 0 radical (unpaired) electrons. The molecule has 37 heavy (non-hydrogen) atoms. The Labute approximate surface area is 217 Å². The fraction of sp³-hybridized carbons (Fsp3) is 0.478. The third kappa shape index (κ3) is 4.43. The minimum atomic E-state index is -3.72. The molecule has 1 spiro atoms. The van der Waals surface area contributed by atoms with E-state index in [9.17, 15) is 18.4 Å². The Bertz CT molecular complexity index is 1340. The number of benzene rings is 1. The first-order valence-electron chi connectivity index (χ1n) is 11.1. The van der Waals surface area contributed by atoms with Gasteiger partial charge in [0.1, 0.15) is 12.5 Å². The van der Waals surface area contributed by atoms with E-state index in [0.717, 1.165) is 12.1 Å². The van der Waals surface area contributed by atoms with Crippen LogP contribution >= 0.6 is 23.2 Å². The Morgan fingerprint density at radius 1 is 1.16 bits per heavy atom. The minimum absolute atomic E-state index is 0.00118. The number of alkyl halides is 4. The standard InChI is InChI=1S/C23H18Cl2F4N4O4/c24-15-4-3-12(6-16(15)25)23(28,29)20-31-30-18(37-20)14-8-32(17(35)2-1-5-34)9-21(14)10-33(11-21)19(36)13-7-22(13,26)27/h3-4,6,13-14,34H,5,7-11H2/t13-,14?/m1/s1. The molecule has 1 unspecified atom stereocenters. The Balaban J connectivity index is 1.41. The van der Waals surface area contributed by atoms with Crippen LogP contribution in [-0.2, 0) is 15.5 Å². The van der Waals surface area contributed by atoms with E-state index >= 15 is 8.78 Å². The van der Waals surface area contributed by atoms with E-state index in [1.807, 2.05) is 0 Å². The van der Waals surface area contributed by atoms with E-state index in [1.165, 1.54) is 15.9 Å². The monoisotopic (exact) mass is 560 g/mol. The van der Waals surface area contributed by atoms with Crippen molar-refractivity contribution in [1.82, 2.24) is 20.0 Å². The summed E-state index contributed by atoms with van der Waals surface area (Å²) in [7, 11) is 0. The number of amides is 2. The van der Waals surface area contributed by atoms with Crippen molar-refractivity contribution in [2.75, 3.05) is 32.8 Å². The van der Waals surface area contributed by atoms with Gasteiger partial charge in [0.25, 0.3) is 17.7 Å². The maximum Gasteiger partial charge on any atom is 0.349 e. The number of likely N-dealkylation sites (tertiary alicyclic amines) is 2. The van der Waals surface area contributed by atoms with Gasteiger partial charge < -0.3 is 19.3 Å². The second-order valence-electron chi connectivity index (χ2n) is 9.42. The summed E-state index contributed by atoms with van der Waals surface area (Å²) in [5.41, 5.74) is -1.40. The molecule has 196 valence electrons. The SMILES string of the molecule is O=C(C#CCO)N1CC(c2nnc(C(F)(F)c3ccc(Cl)c(Cl)c3)o2)C2(C1)CN(C(=O)[C@H]1CC1(F)F)C2. The topological polar surface area (TPSA) is 99.8 Å². The van der Waals surface area contributed by atoms with Gasteiger partial charge in [0.05, 0.1) is 16.0 Å². The molecule has 2 saturated heterocycles. The molecule has 2 atom stereocenters. The number of halogens is 6. The van der Waals surface area contributed by atoms with E-state index in [0.29, 0.717) is 0 Å². The van der Waals surface area contributed by atoms with Crippen molar-refractivity contribution in [3.8, 4) is 11.8 Å². The molecule has 8 nitrogen and oxygen atoms in total. The number of carbonyl (C=O) groups excluding carboxylic acids is 2. The average Bonchev–Trinajstić information content (AvgIpc) is 3.20. The number of aliphatic hydroxyl groups is 1. The number of aromatic nitrogens is 2. The zero-order valence-corrected chi connectivity index (χ0v) is 20.4. The molecule has 0 bridgehead atoms. The van der Waals surface area contributed by atoms with Gasteiger partial charge in [-0.2, -0.15) is 8.78 Å². The van der Waals surface area contributed by atoms with Gasteiger partial charge in [-0.1, -0.05) is 35.2 Å². The Morgan fingerprint density at radius 3 is 2.46 bits per heavy atom. The van der Waals surface area contributed by atoms with Gasteiger partial charge in [-0.25, -0.2) is 8.78 Å². The molecule has 1 N–H and O–H groups in total. The van der Waals surface area contributed by atoms with Crippen molar-refractivity contribution in [3.63, 3.8) is 0 Å². The fourth-order valence-corrected chi connectivity index (χ4v) is 5.16. The van der Waals surface area contributed by atoms with E-state index in [1.54, 1.807) is 0 Å². The van der Waals surface area contributed by atoms with Crippen LogP contribution in [0.2, 0.25) is 10.0 Å². The van der Waals surface area contributed by atoms with Crippen LogP contribution in [0.3, 0.4) is 0 Å². The zero-order valence-electron chi connectivity index (χ0n) is 18.9. The second kappa shape index (κ2) is 8.85. The molecule has 2 amide bonds. The largest absolute Gasteiger partial charge is 0.419 e. The Morgan fingerprint density at radius 2 is 1.84 bits per heavy atom. The van der Waals surface area contributed by atoms with Gasteiger partial charge in [-0.15, -0.1) is 10.2 Å². The zero-order chi connectivity index (χ0) is 26.8. The van der Waals surface area contributed by atoms with Crippen molar-refractivity contribution in [2.24, 2.45) is 11.3 Å². The lowest BCUT2D eigenvalue weighted by Gasteiger charge is -2.50. The molecule has 2 aromatic rings. The summed E-state index contributed by atoms with van der Waals surface area (Å²) in [5, 5.41) is 16.2. The molecule has 5 rings (SSSR count). The average molecular weight is 561 g/mol. The van der Waals surface area contributed by atoms with Crippen molar-refractivity contribution in [2.45, 2.75) is 24.2 Å². The number of carbonyl (C=O) groups is 2. The molecular formula is C23H18Cl2F4N4O4. The molecule has 1 aromatic carbocycles. The van der Waals surface area contributed by atoms with Crippen molar-refractivity contribution in [3.05, 3.63) is 45.6 Å². The molecule has 2 aliphatic heterocycles. The second-order valence-corrected chi connectivity index (χ2v) is 10.2. The number of nitrogens with zero attached hydrogens (tertiary/aromatic N) is 4. The lowest BCUT2D eigenvalue weighted by atomic mass is 9.71. The van der Waals surface area contributed by atoms with Gasteiger partial charge in [-0.05, 0) is 18.1 Å². The molecule has 3 heterocycles. The Hall–Kier alpha value is -2.88. The predicted molar refractivity (Wildman–Crippen MR) is 120 cm³/mol. The van der Waals surface area contributed by atoms with Crippen LogP contribution in [0.4, 0.5) is 17.6 Å². The highest BCUT2D eigenvalue weighted by molar-refractivity contribution is 6.42. The summed E-state index contributed by atoms with van der Waals surface area (Å²) in [4.78, 5) is 27.5. The third-order valence-corrected chi connectivity index (χ3v) is 7.69. The van der Waals surface area contributed by atoms with E-state index in [2.05, 4.69) is 22.0 Å². The van der Waals surface area contributed by atoms with Crippen LogP contribution in [0.5, 0.6) is 0 Å². The molecule has 14 heteroatoms. The van der Waals surface area contributed by atoms with Crippen molar-refractivity contribution in [1.29, 1.82) is 0 Å². The third-order valence-electron chi connectivity index (χ3n) is 6.95.